The normalized spacial score (nSPS) is 16.2. The summed E-state index contributed by atoms with van der Waals surface area (Å²) in [6.45, 7) is 0. The Kier molecular flexibility index (Phi) is 4.37. The van der Waals surface area contributed by atoms with Crippen LogP contribution in [0.5, 0.6) is 0 Å². The molecule has 2 heterocycles. The molecule has 3 aromatic rings. The van der Waals surface area contributed by atoms with Crippen LogP contribution in [-0.2, 0) is 7.05 Å². The molecule has 0 spiro atoms. The number of aromatic nitrogens is 3. The largest absolute Gasteiger partial charge is 0.327 e. The number of imidazole rings is 1. The van der Waals surface area contributed by atoms with E-state index in [1.807, 2.05) is 48.2 Å². The molecular formula is C20H20N4S. The number of aryl methyl sites for hydroxylation is 1. The smallest absolute Gasteiger partial charge is 0.151 e. The van der Waals surface area contributed by atoms with E-state index in [1.54, 1.807) is 11.3 Å². The third-order valence-corrected chi connectivity index (χ3v) is 6.04. The maximum absolute atomic E-state index is 9.66. The Labute approximate surface area is 151 Å². The van der Waals surface area contributed by atoms with Crippen LogP contribution >= 0.6 is 11.3 Å². The van der Waals surface area contributed by atoms with Crippen LogP contribution in [0, 0.1) is 11.3 Å². The van der Waals surface area contributed by atoms with Gasteiger partial charge in [-0.1, -0.05) is 31.4 Å². The number of nitrogens with zero attached hydrogens (tertiary/aromatic N) is 4. The minimum absolute atomic E-state index is 0.581. The van der Waals surface area contributed by atoms with Gasteiger partial charge in [0.25, 0.3) is 0 Å². The molecule has 1 aliphatic rings. The molecule has 1 aliphatic carbocycles. The minimum Gasteiger partial charge on any atom is -0.327 e. The summed E-state index contributed by atoms with van der Waals surface area (Å²) in [5.41, 5.74) is 2.52. The van der Waals surface area contributed by atoms with Crippen LogP contribution in [0.4, 0.5) is 0 Å². The number of thiazole rings is 1. The van der Waals surface area contributed by atoms with E-state index in [9.17, 15) is 5.26 Å². The van der Waals surface area contributed by atoms with Crippen molar-refractivity contribution >= 4 is 34.0 Å². The van der Waals surface area contributed by atoms with Crippen molar-refractivity contribution in [2.24, 2.45) is 7.05 Å². The fourth-order valence-electron chi connectivity index (χ4n) is 3.58. The van der Waals surface area contributed by atoms with Gasteiger partial charge in [-0.2, -0.15) is 5.26 Å². The number of hydrogen-bond donors (Lipinski definition) is 0. The Morgan fingerprint density at radius 1 is 1.28 bits per heavy atom. The summed E-state index contributed by atoms with van der Waals surface area (Å²) in [6, 6.07) is 10.3. The Bertz CT molecular complexity index is 967. The first-order chi connectivity index (χ1) is 12.3. The predicted molar refractivity (Wildman–Crippen MR) is 102 cm³/mol. The number of nitriles is 1. The molecule has 4 nitrogen and oxygen atoms in total. The Hall–Kier alpha value is -2.45. The third kappa shape index (κ3) is 3.10. The van der Waals surface area contributed by atoms with Crippen LogP contribution in [0.3, 0.4) is 0 Å². The van der Waals surface area contributed by atoms with Gasteiger partial charge in [-0.3, -0.25) is 0 Å². The first-order valence-corrected chi connectivity index (χ1v) is 9.57. The van der Waals surface area contributed by atoms with E-state index in [2.05, 4.69) is 16.0 Å². The topological polar surface area (TPSA) is 54.5 Å². The molecule has 0 bridgehead atoms. The predicted octanol–water partition coefficient (Wildman–Crippen LogP) is 5.14. The van der Waals surface area contributed by atoms with Crippen molar-refractivity contribution in [1.29, 1.82) is 5.26 Å². The lowest BCUT2D eigenvalue weighted by molar-refractivity contribution is 0.442. The molecule has 5 heteroatoms. The highest BCUT2D eigenvalue weighted by atomic mass is 32.1. The molecule has 4 rings (SSSR count). The van der Waals surface area contributed by atoms with Crippen LogP contribution in [0.1, 0.15) is 53.7 Å². The number of fused-ring (bicyclic) bond motifs is 1. The summed E-state index contributed by atoms with van der Waals surface area (Å²) < 4.78 is 1.98. The molecule has 0 amide bonds. The zero-order valence-electron chi connectivity index (χ0n) is 14.3. The monoisotopic (exact) mass is 348 g/mol. The molecule has 126 valence electrons. The SMILES string of the molecule is Cn1c(/C(C#N)=C/c2cnc(C3CCCCC3)s2)nc2ccccc21. The lowest BCUT2D eigenvalue weighted by atomic mass is 9.90. The Balaban J connectivity index is 1.67. The van der Waals surface area contributed by atoms with Gasteiger partial charge in [-0.25, -0.2) is 9.97 Å². The highest BCUT2D eigenvalue weighted by Gasteiger charge is 2.19. The van der Waals surface area contributed by atoms with Crippen molar-refractivity contribution in [1.82, 2.24) is 14.5 Å². The van der Waals surface area contributed by atoms with Crippen LogP contribution in [0.15, 0.2) is 30.5 Å². The van der Waals surface area contributed by atoms with Crippen molar-refractivity contribution in [3.05, 3.63) is 46.2 Å². The van der Waals surface area contributed by atoms with E-state index in [4.69, 9.17) is 0 Å². The molecule has 25 heavy (non-hydrogen) atoms. The molecule has 0 saturated heterocycles. The zero-order chi connectivity index (χ0) is 17.2. The highest BCUT2D eigenvalue weighted by molar-refractivity contribution is 7.12. The van der Waals surface area contributed by atoms with Gasteiger partial charge in [-0.15, -0.1) is 11.3 Å². The van der Waals surface area contributed by atoms with Gasteiger partial charge in [0.15, 0.2) is 5.82 Å². The number of hydrogen-bond acceptors (Lipinski definition) is 4. The lowest BCUT2D eigenvalue weighted by Gasteiger charge is -2.18. The maximum atomic E-state index is 9.66. The summed E-state index contributed by atoms with van der Waals surface area (Å²) in [6.07, 6.45) is 10.3. The third-order valence-electron chi connectivity index (χ3n) is 4.93. The van der Waals surface area contributed by atoms with Gasteiger partial charge in [0, 0.05) is 24.0 Å². The molecule has 1 saturated carbocycles. The van der Waals surface area contributed by atoms with Gasteiger partial charge >= 0.3 is 0 Å². The first kappa shape index (κ1) is 16.0. The second-order valence-electron chi connectivity index (χ2n) is 6.59. The molecule has 1 fully saturated rings. The Morgan fingerprint density at radius 2 is 2.08 bits per heavy atom. The maximum Gasteiger partial charge on any atom is 0.151 e. The van der Waals surface area contributed by atoms with Crippen molar-refractivity contribution in [3.63, 3.8) is 0 Å². The van der Waals surface area contributed by atoms with Gasteiger partial charge in [0.1, 0.15) is 6.07 Å². The second kappa shape index (κ2) is 6.81. The standard InChI is InChI=1S/C20H20N4S/c1-24-18-10-6-5-9-17(18)23-19(24)15(12-21)11-16-13-22-20(25-16)14-7-3-2-4-8-14/h5-6,9-11,13-14H,2-4,7-8H2,1H3/b15-11+. The van der Waals surface area contributed by atoms with E-state index in [1.165, 1.54) is 37.1 Å². The van der Waals surface area contributed by atoms with Gasteiger partial charge in [0.05, 0.1) is 21.6 Å². The van der Waals surface area contributed by atoms with Gasteiger partial charge in [-0.05, 0) is 31.1 Å². The summed E-state index contributed by atoms with van der Waals surface area (Å²) in [7, 11) is 1.95. The van der Waals surface area contributed by atoms with Crippen molar-refractivity contribution in [2.45, 2.75) is 38.0 Å². The Morgan fingerprint density at radius 3 is 2.84 bits per heavy atom. The molecular weight excluding hydrogens is 328 g/mol. The second-order valence-corrected chi connectivity index (χ2v) is 7.68. The molecule has 0 atom stereocenters. The first-order valence-electron chi connectivity index (χ1n) is 8.75. The molecule has 0 unspecified atom stereocenters. The van der Waals surface area contributed by atoms with E-state index >= 15 is 0 Å². The number of para-hydroxylation sites is 2. The van der Waals surface area contributed by atoms with Crippen LogP contribution < -0.4 is 0 Å². The summed E-state index contributed by atoms with van der Waals surface area (Å²) in [5.74, 6) is 1.30. The number of benzene rings is 1. The highest BCUT2D eigenvalue weighted by Crippen LogP contribution is 2.35. The molecule has 0 N–H and O–H groups in total. The average Bonchev–Trinajstić information content (AvgIpc) is 3.26. The average molecular weight is 348 g/mol. The van der Waals surface area contributed by atoms with E-state index in [-0.39, 0.29) is 0 Å². The zero-order valence-corrected chi connectivity index (χ0v) is 15.1. The van der Waals surface area contributed by atoms with Crippen molar-refractivity contribution in [3.8, 4) is 6.07 Å². The van der Waals surface area contributed by atoms with E-state index < -0.39 is 0 Å². The molecule has 0 aliphatic heterocycles. The summed E-state index contributed by atoms with van der Waals surface area (Å²) in [4.78, 5) is 10.3. The fourth-order valence-corrected chi connectivity index (χ4v) is 4.61. The van der Waals surface area contributed by atoms with Crippen molar-refractivity contribution < 1.29 is 0 Å². The summed E-state index contributed by atoms with van der Waals surface area (Å²) in [5, 5.41) is 10.9. The molecule has 0 radical (unpaired) electrons. The van der Waals surface area contributed by atoms with E-state index in [0.29, 0.717) is 17.3 Å². The van der Waals surface area contributed by atoms with Crippen molar-refractivity contribution in [2.75, 3.05) is 0 Å². The van der Waals surface area contributed by atoms with Gasteiger partial charge < -0.3 is 4.57 Å². The lowest BCUT2D eigenvalue weighted by Crippen LogP contribution is -2.03. The quantitative estimate of drug-likeness (QED) is 0.616. The van der Waals surface area contributed by atoms with Crippen LogP contribution in [-0.4, -0.2) is 14.5 Å². The number of rotatable bonds is 3. The minimum atomic E-state index is 0.581. The van der Waals surface area contributed by atoms with Crippen LogP contribution in [0.2, 0.25) is 0 Å². The van der Waals surface area contributed by atoms with Gasteiger partial charge in [0.2, 0.25) is 0 Å². The molecule has 2 aromatic heterocycles. The number of allylic oxidation sites excluding steroid dienone is 1. The molecule has 1 aromatic carbocycles. The fraction of sp³-hybridized carbons (Fsp3) is 0.350. The summed E-state index contributed by atoms with van der Waals surface area (Å²) >= 11 is 1.71. The van der Waals surface area contributed by atoms with E-state index in [0.717, 1.165) is 15.9 Å². The van der Waals surface area contributed by atoms with Crippen LogP contribution in [0.25, 0.3) is 22.7 Å².